The zero-order chi connectivity index (χ0) is 27.2. The molecule has 36 heavy (non-hydrogen) atoms. The maximum absolute atomic E-state index is 13.7. The number of methoxy groups -OCH3 is 1. The number of nitrogens with zero attached hydrogens (tertiary/aromatic N) is 2. The van der Waals surface area contributed by atoms with Crippen LogP contribution in [-0.2, 0) is 26.2 Å². The lowest BCUT2D eigenvalue weighted by Gasteiger charge is -2.33. The van der Waals surface area contributed by atoms with Crippen LogP contribution in [0, 0.1) is 0 Å². The topological polar surface area (TPSA) is 96.0 Å². The van der Waals surface area contributed by atoms with Gasteiger partial charge in [-0.15, -0.1) is 0 Å². The van der Waals surface area contributed by atoms with E-state index in [9.17, 15) is 18.0 Å². The van der Waals surface area contributed by atoms with Crippen molar-refractivity contribution in [2.24, 2.45) is 0 Å². The number of sulfonamides is 1. The summed E-state index contributed by atoms with van der Waals surface area (Å²) in [4.78, 5) is 28.1. The lowest BCUT2D eigenvalue weighted by atomic mass is 10.1. The van der Waals surface area contributed by atoms with Crippen LogP contribution < -0.4 is 14.4 Å². The Kier molecular flexibility index (Phi) is 10.7. The second-order valence-electron chi connectivity index (χ2n) is 8.44. The third-order valence-corrected chi connectivity index (χ3v) is 7.34. The van der Waals surface area contributed by atoms with Crippen molar-refractivity contribution in [3.8, 4) is 5.75 Å². The van der Waals surface area contributed by atoms with Gasteiger partial charge in [-0.3, -0.25) is 13.9 Å². The van der Waals surface area contributed by atoms with E-state index in [0.717, 1.165) is 10.6 Å². The first-order valence-corrected chi connectivity index (χ1v) is 14.1. The lowest BCUT2D eigenvalue weighted by molar-refractivity contribution is -0.140. The van der Waals surface area contributed by atoms with E-state index in [-0.39, 0.29) is 35.0 Å². The highest BCUT2D eigenvalue weighted by Crippen LogP contribution is 2.33. The first-order valence-electron chi connectivity index (χ1n) is 11.1. The second kappa shape index (κ2) is 12.9. The molecule has 2 rings (SSSR count). The number of ether oxygens (including phenoxy) is 1. The molecule has 0 heterocycles. The van der Waals surface area contributed by atoms with Crippen LogP contribution in [0.25, 0.3) is 0 Å². The number of carbonyl (C=O) groups is 2. The molecule has 0 bridgehead atoms. The molecule has 0 aromatic heterocycles. The zero-order valence-electron chi connectivity index (χ0n) is 20.7. The highest BCUT2D eigenvalue weighted by Gasteiger charge is 2.33. The molecular weight excluding hydrogens is 549 g/mol. The first-order chi connectivity index (χ1) is 16.8. The van der Waals surface area contributed by atoms with Crippen molar-refractivity contribution in [1.29, 1.82) is 0 Å². The summed E-state index contributed by atoms with van der Waals surface area (Å²) in [5.41, 5.74) is 0.731. The molecule has 12 heteroatoms. The normalized spacial score (nSPS) is 12.2. The second-order valence-corrected chi connectivity index (χ2v) is 11.6. The van der Waals surface area contributed by atoms with Gasteiger partial charge in [0.05, 0.1) is 29.1 Å². The van der Waals surface area contributed by atoms with Gasteiger partial charge in [0.1, 0.15) is 18.3 Å². The summed E-state index contributed by atoms with van der Waals surface area (Å²) >= 11 is 18.3. The predicted molar refractivity (Wildman–Crippen MR) is 145 cm³/mol. The minimum atomic E-state index is -3.94. The molecule has 8 nitrogen and oxygen atoms in total. The smallest absolute Gasteiger partial charge is 0.244 e. The molecular formula is C24H30Cl3N3O5S. The molecule has 1 atom stereocenters. The van der Waals surface area contributed by atoms with Crippen LogP contribution in [0.4, 0.5) is 5.69 Å². The molecule has 0 saturated carbocycles. The van der Waals surface area contributed by atoms with Crippen molar-refractivity contribution in [2.45, 2.75) is 45.8 Å². The monoisotopic (exact) mass is 577 g/mol. The van der Waals surface area contributed by atoms with Crippen molar-refractivity contribution < 1.29 is 22.7 Å². The van der Waals surface area contributed by atoms with Crippen molar-refractivity contribution in [1.82, 2.24) is 10.2 Å². The quantitative estimate of drug-likeness (QED) is 0.415. The fraction of sp³-hybridized carbons (Fsp3) is 0.417. The van der Waals surface area contributed by atoms with E-state index < -0.39 is 28.5 Å². The Morgan fingerprint density at radius 1 is 1.06 bits per heavy atom. The molecule has 0 radical (unpaired) electrons. The number of halogens is 3. The van der Waals surface area contributed by atoms with Crippen molar-refractivity contribution in [3.63, 3.8) is 0 Å². The van der Waals surface area contributed by atoms with Gasteiger partial charge in [0, 0.05) is 17.6 Å². The Morgan fingerprint density at radius 3 is 2.25 bits per heavy atom. The molecule has 0 aliphatic rings. The molecule has 0 fully saturated rings. The van der Waals surface area contributed by atoms with Crippen molar-refractivity contribution in [3.05, 3.63) is 57.0 Å². The number of nitrogens with one attached hydrogen (secondary N) is 1. The minimum absolute atomic E-state index is 0.00399. The number of rotatable bonds is 11. The summed E-state index contributed by atoms with van der Waals surface area (Å²) in [5.74, 6) is -0.732. The van der Waals surface area contributed by atoms with E-state index in [4.69, 9.17) is 39.5 Å². The Bertz CT molecular complexity index is 1210. The zero-order valence-corrected chi connectivity index (χ0v) is 23.8. The maximum Gasteiger partial charge on any atom is 0.244 e. The first kappa shape index (κ1) is 30.0. The molecule has 2 amide bonds. The van der Waals surface area contributed by atoms with Gasteiger partial charge in [-0.2, -0.15) is 0 Å². The Labute approximate surface area is 227 Å². The van der Waals surface area contributed by atoms with E-state index in [1.165, 1.54) is 24.1 Å². The standard InChI is InChI=1S/C24H30Cl3N3O5S/c1-6-20(24(32)28-15(2)3)29(13-16-7-9-18(26)19(27)11-16)23(31)14-30(36(5,33)34)21-12-17(25)8-10-22(21)35-4/h7-12,15,20H,6,13-14H2,1-5H3,(H,28,32)/t20-/m1/s1. The maximum atomic E-state index is 13.7. The van der Waals surface area contributed by atoms with Crippen molar-refractivity contribution >= 4 is 62.3 Å². The van der Waals surface area contributed by atoms with Gasteiger partial charge in [-0.05, 0) is 56.2 Å². The van der Waals surface area contributed by atoms with Crippen LogP contribution in [-0.4, -0.2) is 57.1 Å². The highest BCUT2D eigenvalue weighted by atomic mass is 35.5. The minimum Gasteiger partial charge on any atom is -0.495 e. The van der Waals surface area contributed by atoms with E-state index >= 15 is 0 Å². The lowest BCUT2D eigenvalue weighted by Crippen LogP contribution is -2.53. The van der Waals surface area contributed by atoms with Gasteiger partial charge < -0.3 is 15.0 Å². The molecule has 0 aliphatic carbocycles. The van der Waals surface area contributed by atoms with Crippen LogP contribution in [0.1, 0.15) is 32.8 Å². The third kappa shape index (κ3) is 7.90. The summed E-state index contributed by atoms with van der Waals surface area (Å²) in [6.07, 6.45) is 1.28. The number of hydrogen-bond acceptors (Lipinski definition) is 5. The molecule has 198 valence electrons. The molecule has 0 aliphatic heterocycles. The Hall–Kier alpha value is -2.20. The van der Waals surface area contributed by atoms with E-state index in [1.807, 2.05) is 13.8 Å². The molecule has 2 aromatic carbocycles. The van der Waals surface area contributed by atoms with Gasteiger partial charge >= 0.3 is 0 Å². The summed E-state index contributed by atoms with van der Waals surface area (Å²) < 4.78 is 31.8. The molecule has 2 aromatic rings. The van der Waals surface area contributed by atoms with Crippen LogP contribution in [0.5, 0.6) is 5.75 Å². The average Bonchev–Trinajstić information content (AvgIpc) is 2.78. The third-order valence-electron chi connectivity index (χ3n) is 5.24. The van der Waals surface area contributed by atoms with Crippen molar-refractivity contribution in [2.75, 3.05) is 24.2 Å². The molecule has 0 unspecified atom stereocenters. The fourth-order valence-corrected chi connectivity index (χ4v) is 4.92. The fourth-order valence-electron chi connectivity index (χ4n) is 3.59. The summed E-state index contributed by atoms with van der Waals surface area (Å²) in [6.45, 7) is 4.82. The van der Waals surface area contributed by atoms with Crippen LogP contribution >= 0.6 is 34.8 Å². The van der Waals surface area contributed by atoms with Crippen LogP contribution in [0.2, 0.25) is 15.1 Å². The summed E-state index contributed by atoms with van der Waals surface area (Å²) in [5, 5.41) is 3.73. The summed E-state index contributed by atoms with van der Waals surface area (Å²) in [7, 11) is -2.56. The highest BCUT2D eigenvalue weighted by molar-refractivity contribution is 7.92. The number of amides is 2. The Balaban J connectivity index is 2.54. The van der Waals surface area contributed by atoms with Gasteiger partial charge in [0.25, 0.3) is 0 Å². The number of carbonyl (C=O) groups excluding carboxylic acids is 2. The van der Waals surface area contributed by atoms with Gasteiger partial charge in [-0.1, -0.05) is 47.8 Å². The number of anilines is 1. The Morgan fingerprint density at radius 2 is 1.72 bits per heavy atom. The van der Waals surface area contributed by atoms with Crippen LogP contribution in [0.3, 0.4) is 0 Å². The SMILES string of the molecule is CC[C@H](C(=O)NC(C)C)N(Cc1ccc(Cl)c(Cl)c1)C(=O)CN(c1cc(Cl)ccc1OC)S(C)(=O)=O. The molecule has 1 N–H and O–H groups in total. The number of benzene rings is 2. The molecule has 0 saturated heterocycles. The van der Waals surface area contributed by atoms with Gasteiger partial charge in [0.15, 0.2) is 0 Å². The largest absolute Gasteiger partial charge is 0.495 e. The van der Waals surface area contributed by atoms with E-state index in [1.54, 1.807) is 31.2 Å². The van der Waals surface area contributed by atoms with Crippen LogP contribution in [0.15, 0.2) is 36.4 Å². The number of hydrogen-bond donors (Lipinski definition) is 1. The van der Waals surface area contributed by atoms with E-state index in [2.05, 4.69) is 5.32 Å². The van der Waals surface area contributed by atoms with E-state index in [0.29, 0.717) is 22.0 Å². The van der Waals surface area contributed by atoms with Gasteiger partial charge in [0.2, 0.25) is 21.8 Å². The summed E-state index contributed by atoms with van der Waals surface area (Å²) in [6, 6.07) is 8.33. The molecule has 0 spiro atoms. The van der Waals surface area contributed by atoms with Gasteiger partial charge in [-0.25, -0.2) is 8.42 Å². The predicted octanol–water partition coefficient (Wildman–Crippen LogP) is 4.75. The average molecular weight is 579 g/mol.